The highest BCUT2D eigenvalue weighted by Gasteiger charge is 2.19. The largest absolute Gasteiger partial charge is 0.309 e. The summed E-state index contributed by atoms with van der Waals surface area (Å²) in [5.41, 5.74) is 10.8. The van der Waals surface area contributed by atoms with E-state index in [0.717, 1.165) is 11.4 Å². The lowest BCUT2D eigenvalue weighted by atomic mass is 9.97. The van der Waals surface area contributed by atoms with Crippen LogP contribution in [0.1, 0.15) is 0 Å². The van der Waals surface area contributed by atoms with E-state index in [9.17, 15) is 0 Å². The smallest absolute Gasteiger partial charge is 0.0640 e. The summed E-state index contributed by atoms with van der Waals surface area (Å²) < 4.78 is 2.57. The zero-order chi connectivity index (χ0) is 31.9. The van der Waals surface area contributed by atoms with Crippen molar-refractivity contribution in [2.24, 2.45) is 0 Å². The van der Waals surface area contributed by atoms with Crippen LogP contribution in [0, 0.1) is 0 Å². The fourth-order valence-corrected chi connectivity index (χ4v) is 8.09. The zero-order valence-corrected chi connectivity index (χ0v) is 27.1. The number of hydrogen-bond donors (Lipinski definition) is 0. The Morgan fingerprint density at radius 2 is 0.875 bits per heavy atom. The van der Waals surface area contributed by atoms with E-state index in [4.69, 9.17) is 0 Å². The first-order valence-corrected chi connectivity index (χ1v) is 17.2. The lowest BCUT2D eigenvalue weighted by molar-refractivity contribution is 1.30. The number of rotatable bonds is 6. The Morgan fingerprint density at radius 1 is 0.354 bits per heavy atom. The van der Waals surface area contributed by atoms with Crippen LogP contribution < -0.4 is 4.90 Å². The van der Waals surface area contributed by atoms with Gasteiger partial charge in [0.25, 0.3) is 0 Å². The van der Waals surface area contributed by atoms with Gasteiger partial charge in [0.1, 0.15) is 0 Å². The molecule has 0 unspecified atom stereocenters. The summed E-state index contributed by atoms with van der Waals surface area (Å²) in [6, 6.07) is 68.1. The van der Waals surface area contributed by atoms with Gasteiger partial charge in [0, 0.05) is 26.8 Å². The lowest BCUT2D eigenvalue weighted by Crippen LogP contribution is -2.10. The fraction of sp³-hybridized carbons (Fsp3) is 0. The van der Waals surface area contributed by atoms with Crippen molar-refractivity contribution >= 4 is 59.3 Å². The summed E-state index contributed by atoms with van der Waals surface area (Å²) in [6.07, 6.45) is 0. The third-order valence-electron chi connectivity index (χ3n) is 9.28. The first-order valence-electron chi connectivity index (χ1n) is 16.3. The zero-order valence-electron chi connectivity index (χ0n) is 26.3. The maximum atomic E-state index is 2.41. The SMILES string of the molecule is c1ccc(-c2ccc(N(c3ccc(-c4ccccc4)cc3)c3cccc4c3sc3ccc(-c5cccc6ccccc56)cc34)cc2)cc1. The first-order chi connectivity index (χ1) is 23.8. The Balaban J connectivity index is 1.20. The van der Waals surface area contributed by atoms with Crippen molar-refractivity contribution in [3.05, 3.63) is 188 Å². The molecule has 8 aromatic carbocycles. The Morgan fingerprint density at radius 3 is 1.54 bits per heavy atom. The van der Waals surface area contributed by atoms with Crippen LogP contribution >= 0.6 is 11.3 Å². The van der Waals surface area contributed by atoms with E-state index in [1.54, 1.807) is 0 Å². The monoisotopic (exact) mass is 629 g/mol. The third-order valence-corrected chi connectivity index (χ3v) is 10.5. The lowest BCUT2D eigenvalue weighted by Gasteiger charge is -2.26. The fourth-order valence-electron chi connectivity index (χ4n) is 6.90. The summed E-state index contributed by atoms with van der Waals surface area (Å²) in [7, 11) is 0. The average Bonchev–Trinajstić information content (AvgIpc) is 3.55. The second kappa shape index (κ2) is 12.0. The maximum Gasteiger partial charge on any atom is 0.0640 e. The summed E-state index contributed by atoms with van der Waals surface area (Å²) >= 11 is 1.87. The quantitative estimate of drug-likeness (QED) is 0.177. The molecule has 226 valence electrons. The Kier molecular flexibility index (Phi) is 7.07. The van der Waals surface area contributed by atoms with Gasteiger partial charge in [0.15, 0.2) is 0 Å². The Hall–Kier alpha value is -5.96. The molecule has 0 fully saturated rings. The van der Waals surface area contributed by atoms with Crippen LogP contribution in [0.25, 0.3) is 64.3 Å². The van der Waals surface area contributed by atoms with Crippen molar-refractivity contribution in [3.63, 3.8) is 0 Å². The van der Waals surface area contributed by atoms with Gasteiger partial charge >= 0.3 is 0 Å². The van der Waals surface area contributed by atoms with Crippen molar-refractivity contribution in [1.29, 1.82) is 0 Å². The molecule has 0 spiro atoms. The molecule has 0 atom stereocenters. The molecule has 1 nitrogen and oxygen atoms in total. The predicted molar refractivity (Wildman–Crippen MR) is 208 cm³/mol. The molecule has 0 aliphatic carbocycles. The molecule has 0 amide bonds. The van der Waals surface area contributed by atoms with E-state index in [0.29, 0.717) is 0 Å². The van der Waals surface area contributed by atoms with Gasteiger partial charge in [-0.2, -0.15) is 0 Å². The Labute approximate surface area is 284 Å². The van der Waals surface area contributed by atoms with Crippen molar-refractivity contribution < 1.29 is 0 Å². The number of anilines is 3. The van der Waals surface area contributed by atoms with Crippen molar-refractivity contribution in [3.8, 4) is 33.4 Å². The molecular weight excluding hydrogens is 599 g/mol. The van der Waals surface area contributed by atoms with E-state index >= 15 is 0 Å². The number of fused-ring (bicyclic) bond motifs is 4. The van der Waals surface area contributed by atoms with Crippen LogP contribution in [0.4, 0.5) is 17.1 Å². The topological polar surface area (TPSA) is 3.24 Å². The number of hydrogen-bond acceptors (Lipinski definition) is 2. The van der Waals surface area contributed by atoms with Gasteiger partial charge in [0.2, 0.25) is 0 Å². The molecule has 0 bridgehead atoms. The van der Waals surface area contributed by atoms with Crippen molar-refractivity contribution in [1.82, 2.24) is 0 Å². The van der Waals surface area contributed by atoms with Gasteiger partial charge in [-0.3, -0.25) is 0 Å². The van der Waals surface area contributed by atoms with Crippen LogP contribution in [0.2, 0.25) is 0 Å². The predicted octanol–water partition coefficient (Wildman–Crippen LogP) is 13.7. The van der Waals surface area contributed by atoms with Crippen LogP contribution in [-0.2, 0) is 0 Å². The van der Waals surface area contributed by atoms with E-state index in [-0.39, 0.29) is 0 Å². The summed E-state index contributed by atoms with van der Waals surface area (Å²) in [5.74, 6) is 0. The highest BCUT2D eigenvalue weighted by molar-refractivity contribution is 7.26. The minimum atomic E-state index is 1.13. The second-order valence-corrected chi connectivity index (χ2v) is 13.2. The third kappa shape index (κ3) is 5.04. The molecule has 0 aliphatic heterocycles. The van der Waals surface area contributed by atoms with Gasteiger partial charge in [0.05, 0.1) is 10.4 Å². The molecule has 1 heterocycles. The van der Waals surface area contributed by atoms with Crippen LogP contribution in [-0.4, -0.2) is 0 Å². The van der Waals surface area contributed by atoms with Gasteiger partial charge in [-0.05, 0) is 86.6 Å². The number of nitrogens with zero attached hydrogens (tertiary/aromatic N) is 1. The molecule has 9 rings (SSSR count). The molecule has 1 aromatic heterocycles. The summed E-state index contributed by atoms with van der Waals surface area (Å²) in [6.45, 7) is 0. The maximum absolute atomic E-state index is 2.41. The minimum absolute atomic E-state index is 1.13. The summed E-state index contributed by atoms with van der Waals surface area (Å²) in [4.78, 5) is 2.41. The second-order valence-electron chi connectivity index (χ2n) is 12.2. The van der Waals surface area contributed by atoms with E-state index in [1.807, 2.05) is 11.3 Å². The van der Waals surface area contributed by atoms with E-state index in [2.05, 4.69) is 193 Å². The van der Waals surface area contributed by atoms with Crippen LogP contribution in [0.5, 0.6) is 0 Å². The first kappa shape index (κ1) is 28.3. The normalized spacial score (nSPS) is 11.3. The Bertz CT molecular complexity index is 2440. The van der Waals surface area contributed by atoms with Crippen LogP contribution in [0.15, 0.2) is 188 Å². The summed E-state index contributed by atoms with van der Waals surface area (Å²) in [5, 5.41) is 5.12. The van der Waals surface area contributed by atoms with Crippen LogP contribution in [0.3, 0.4) is 0 Å². The highest BCUT2D eigenvalue weighted by Crippen LogP contribution is 2.46. The van der Waals surface area contributed by atoms with Gasteiger partial charge in [-0.25, -0.2) is 0 Å². The molecule has 0 N–H and O–H groups in total. The molecule has 0 radical (unpaired) electrons. The van der Waals surface area contributed by atoms with E-state index in [1.165, 1.54) is 70.0 Å². The molecule has 0 saturated heterocycles. The standard InChI is InChI=1S/C46H31NS/c1-3-11-32(12-4-1)34-21-26-38(27-22-34)47(39-28-23-35(24-29-39)33-13-5-2-6-14-33)44-20-10-19-42-43-31-37(25-30-45(43)48-46(42)44)41-18-9-16-36-15-7-8-17-40(36)41/h1-31H. The van der Waals surface area contributed by atoms with Crippen molar-refractivity contribution in [2.75, 3.05) is 4.90 Å². The number of benzene rings is 8. The molecular formula is C46H31NS. The molecule has 0 aliphatic rings. The van der Waals surface area contributed by atoms with Crippen molar-refractivity contribution in [2.45, 2.75) is 0 Å². The minimum Gasteiger partial charge on any atom is -0.309 e. The average molecular weight is 630 g/mol. The number of thiophene rings is 1. The van der Waals surface area contributed by atoms with Gasteiger partial charge < -0.3 is 4.90 Å². The van der Waals surface area contributed by atoms with E-state index < -0.39 is 0 Å². The molecule has 2 heteroatoms. The van der Waals surface area contributed by atoms with Gasteiger partial charge in [-0.15, -0.1) is 11.3 Å². The highest BCUT2D eigenvalue weighted by atomic mass is 32.1. The molecule has 48 heavy (non-hydrogen) atoms. The molecule has 0 saturated carbocycles. The molecule has 9 aromatic rings. The van der Waals surface area contributed by atoms with Gasteiger partial charge in [-0.1, -0.05) is 146 Å².